The molecule has 2 aromatic carbocycles. The molecule has 2 rings (SSSR count). The number of rotatable bonds is 7. The lowest BCUT2D eigenvalue weighted by atomic mass is 10.2. The van der Waals surface area contributed by atoms with Gasteiger partial charge in [-0.1, -0.05) is 24.3 Å². The summed E-state index contributed by atoms with van der Waals surface area (Å²) in [4.78, 5) is 21.1. The Morgan fingerprint density at radius 2 is 1.71 bits per heavy atom. The normalized spacial score (nSPS) is 10.5. The highest BCUT2D eigenvalue weighted by Gasteiger charge is 1.97. The van der Waals surface area contributed by atoms with Gasteiger partial charge in [0.05, 0.1) is 6.61 Å². The predicted octanol–water partition coefficient (Wildman–Crippen LogP) is 2.90. The topological polar surface area (TPSA) is 113 Å². The van der Waals surface area contributed by atoms with Crippen molar-refractivity contribution in [1.29, 1.82) is 0 Å². The van der Waals surface area contributed by atoms with Crippen LogP contribution in [0.5, 0.6) is 17.2 Å². The SMILES string of the molecule is COCCOC(=O)/C=C/c1cccc(O)c1.O=C/C=C/c1ccc(O)c(O)c1. The number of ether oxygens (including phenoxy) is 2. The second kappa shape index (κ2) is 12.7. The molecule has 0 saturated heterocycles. The minimum absolute atomic E-state index is 0.162. The smallest absolute Gasteiger partial charge is 0.330 e. The van der Waals surface area contributed by atoms with Crippen molar-refractivity contribution in [1.82, 2.24) is 0 Å². The summed E-state index contributed by atoms with van der Waals surface area (Å²) in [6, 6.07) is 10.9. The number of allylic oxidation sites excluding steroid dienone is 1. The van der Waals surface area contributed by atoms with Crippen molar-refractivity contribution < 1.29 is 34.4 Å². The van der Waals surface area contributed by atoms with Gasteiger partial charge in [0.25, 0.3) is 0 Å². The Morgan fingerprint density at radius 3 is 2.36 bits per heavy atom. The van der Waals surface area contributed by atoms with E-state index in [0.29, 0.717) is 18.5 Å². The van der Waals surface area contributed by atoms with Crippen molar-refractivity contribution in [3.8, 4) is 17.2 Å². The number of benzene rings is 2. The zero-order valence-corrected chi connectivity index (χ0v) is 15.3. The molecular weight excluding hydrogens is 364 g/mol. The molecule has 0 heterocycles. The summed E-state index contributed by atoms with van der Waals surface area (Å²) in [6.45, 7) is 0.616. The van der Waals surface area contributed by atoms with Crippen LogP contribution in [0.15, 0.2) is 54.6 Å². The molecule has 148 valence electrons. The van der Waals surface area contributed by atoms with E-state index in [9.17, 15) is 14.7 Å². The van der Waals surface area contributed by atoms with E-state index >= 15 is 0 Å². The molecule has 28 heavy (non-hydrogen) atoms. The maximum Gasteiger partial charge on any atom is 0.330 e. The van der Waals surface area contributed by atoms with Crippen LogP contribution in [-0.4, -0.2) is 47.9 Å². The van der Waals surface area contributed by atoms with Crippen molar-refractivity contribution in [2.24, 2.45) is 0 Å². The number of phenols is 3. The first-order chi connectivity index (χ1) is 13.5. The monoisotopic (exact) mass is 386 g/mol. The first-order valence-corrected chi connectivity index (χ1v) is 8.23. The summed E-state index contributed by atoms with van der Waals surface area (Å²) in [5, 5.41) is 27.1. The number of aldehydes is 1. The van der Waals surface area contributed by atoms with Crippen LogP contribution in [0.4, 0.5) is 0 Å². The van der Waals surface area contributed by atoms with Crippen molar-refractivity contribution in [3.63, 3.8) is 0 Å². The van der Waals surface area contributed by atoms with Gasteiger partial charge in [0, 0.05) is 13.2 Å². The van der Waals surface area contributed by atoms with Gasteiger partial charge in [0.15, 0.2) is 11.5 Å². The molecule has 0 saturated carbocycles. The molecule has 0 aromatic heterocycles. The lowest BCUT2D eigenvalue weighted by molar-refractivity contribution is -0.138. The summed E-state index contributed by atoms with van der Waals surface area (Å²) in [6.07, 6.45) is 6.38. The largest absolute Gasteiger partial charge is 0.508 e. The average Bonchev–Trinajstić information content (AvgIpc) is 2.68. The molecule has 2 aromatic rings. The fourth-order valence-corrected chi connectivity index (χ4v) is 1.86. The van der Waals surface area contributed by atoms with E-state index in [4.69, 9.17) is 19.7 Å². The van der Waals surface area contributed by atoms with E-state index in [1.54, 1.807) is 36.4 Å². The quantitative estimate of drug-likeness (QED) is 0.220. The Kier molecular flexibility index (Phi) is 10.2. The van der Waals surface area contributed by atoms with E-state index in [1.165, 1.54) is 37.5 Å². The van der Waals surface area contributed by atoms with Crippen LogP contribution in [0, 0.1) is 0 Å². The zero-order valence-electron chi connectivity index (χ0n) is 15.3. The number of hydrogen-bond donors (Lipinski definition) is 3. The molecule has 0 atom stereocenters. The second-order valence-electron chi connectivity index (χ2n) is 5.33. The van der Waals surface area contributed by atoms with Crippen LogP contribution in [0.2, 0.25) is 0 Å². The number of carbonyl (C=O) groups excluding carboxylic acids is 2. The minimum Gasteiger partial charge on any atom is -0.508 e. The minimum atomic E-state index is -0.430. The Hall–Kier alpha value is -3.58. The van der Waals surface area contributed by atoms with Crippen LogP contribution in [0.3, 0.4) is 0 Å². The van der Waals surface area contributed by atoms with Gasteiger partial charge in [-0.3, -0.25) is 4.79 Å². The average molecular weight is 386 g/mol. The highest BCUT2D eigenvalue weighted by Crippen LogP contribution is 2.25. The first-order valence-electron chi connectivity index (χ1n) is 8.23. The fourth-order valence-electron chi connectivity index (χ4n) is 1.86. The van der Waals surface area contributed by atoms with Crippen LogP contribution in [0.25, 0.3) is 12.2 Å². The second-order valence-corrected chi connectivity index (χ2v) is 5.33. The Labute approximate surface area is 162 Å². The van der Waals surface area contributed by atoms with E-state index in [-0.39, 0.29) is 23.9 Å². The molecule has 0 bridgehead atoms. The van der Waals surface area contributed by atoms with Crippen molar-refractivity contribution in [2.45, 2.75) is 0 Å². The summed E-state index contributed by atoms with van der Waals surface area (Å²) in [7, 11) is 1.54. The zero-order chi connectivity index (χ0) is 20.8. The van der Waals surface area contributed by atoms with Gasteiger partial charge in [0.2, 0.25) is 0 Å². The number of aromatic hydroxyl groups is 3. The maximum absolute atomic E-state index is 11.1. The summed E-state index contributed by atoms with van der Waals surface area (Å²) in [5.74, 6) is -0.628. The molecule has 0 aliphatic rings. The molecule has 7 heteroatoms. The number of hydrogen-bond acceptors (Lipinski definition) is 7. The molecule has 0 fully saturated rings. The van der Waals surface area contributed by atoms with Gasteiger partial charge in [0.1, 0.15) is 18.6 Å². The van der Waals surface area contributed by atoms with Crippen LogP contribution in [-0.2, 0) is 19.1 Å². The van der Waals surface area contributed by atoms with Gasteiger partial charge in [-0.25, -0.2) is 4.79 Å². The van der Waals surface area contributed by atoms with Gasteiger partial charge >= 0.3 is 5.97 Å². The molecule has 0 spiro atoms. The molecule has 0 aliphatic carbocycles. The third-order valence-electron chi connectivity index (χ3n) is 3.18. The molecule has 7 nitrogen and oxygen atoms in total. The predicted molar refractivity (Wildman–Crippen MR) is 105 cm³/mol. The van der Waals surface area contributed by atoms with E-state index < -0.39 is 5.97 Å². The summed E-state index contributed by atoms with van der Waals surface area (Å²) >= 11 is 0. The van der Waals surface area contributed by atoms with Crippen molar-refractivity contribution in [2.75, 3.05) is 20.3 Å². The third kappa shape index (κ3) is 9.21. The molecule has 0 radical (unpaired) electrons. The van der Waals surface area contributed by atoms with E-state index in [1.807, 2.05) is 0 Å². The maximum atomic E-state index is 11.1. The molecular formula is C21H22O7. The van der Waals surface area contributed by atoms with Crippen LogP contribution < -0.4 is 0 Å². The van der Waals surface area contributed by atoms with E-state index in [2.05, 4.69) is 0 Å². The van der Waals surface area contributed by atoms with Crippen molar-refractivity contribution >= 4 is 24.4 Å². The molecule has 0 unspecified atom stereocenters. The van der Waals surface area contributed by atoms with Gasteiger partial charge < -0.3 is 24.8 Å². The lowest BCUT2D eigenvalue weighted by Gasteiger charge is -1.99. The molecule has 0 aliphatic heterocycles. The van der Waals surface area contributed by atoms with E-state index in [0.717, 1.165) is 5.56 Å². The van der Waals surface area contributed by atoms with Gasteiger partial charge in [-0.2, -0.15) is 0 Å². The highest BCUT2D eigenvalue weighted by atomic mass is 16.6. The number of carbonyl (C=O) groups is 2. The van der Waals surface area contributed by atoms with Crippen LogP contribution in [0.1, 0.15) is 11.1 Å². The Balaban J connectivity index is 0.000000292. The summed E-state index contributed by atoms with van der Waals surface area (Å²) in [5.41, 5.74) is 1.40. The Morgan fingerprint density at radius 1 is 0.964 bits per heavy atom. The third-order valence-corrected chi connectivity index (χ3v) is 3.18. The molecule has 0 amide bonds. The van der Waals surface area contributed by atoms with Crippen LogP contribution >= 0.6 is 0 Å². The fraction of sp³-hybridized carbons (Fsp3) is 0.143. The molecule has 3 N–H and O–H groups in total. The van der Waals surface area contributed by atoms with Gasteiger partial charge in [-0.15, -0.1) is 0 Å². The number of phenolic OH excluding ortho intramolecular Hbond substituents is 3. The van der Waals surface area contributed by atoms with Crippen molar-refractivity contribution in [3.05, 3.63) is 65.7 Å². The number of esters is 1. The summed E-state index contributed by atoms with van der Waals surface area (Å²) < 4.78 is 9.56. The first kappa shape index (κ1) is 22.5. The number of methoxy groups -OCH3 is 1. The Bertz CT molecular complexity index is 825. The van der Waals surface area contributed by atoms with Gasteiger partial charge in [-0.05, 0) is 47.5 Å². The highest BCUT2D eigenvalue weighted by molar-refractivity contribution is 5.87. The lowest BCUT2D eigenvalue weighted by Crippen LogP contribution is -2.06. The standard InChI is InChI=1S/C12H14O4.C9H8O3/c1-15-7-8-16-12(14)6-5-10-3-2-4-11(13)9-10;10-5-1-2-7-3-4-8(11)9(12)6-7/h2-6,9,13H,7-8H2,1H3;1-6,11-12H/b6-5+;2-1+.